The molecule has 1 aliphatic rings. The molecule has 24 heavy (non-hydrogen) atoms. The molecule has 0 fully saturated rings. The van der Waals surface area contributed by atoms with Crippen LogP contribution in [0.4, 0.5) is 0 Å². The monoisotopic (exact) mass is 458 g/mol. The maximum absolute atomic E-state index is 6.86. The first-order valence-corrected chi connectivity index (χ1v) is 22.1. The van der Waals surface area contributed by atoms with Gasteiger partial charge in [0.1, 0.15) is 0 Å². The Bertz CT molecular complexity index is 447. The van der Waals surface area contributed by atoms with Gasteiger partial charge in [-0.15, -0.1) is 0 Å². The zero-order valence-corrected chi connectivity index (χ0v) is 21.8. The van der Waals surface area contributed by atoms with Gasteiger partial charge in [0.2, 0.25) is 0 Å². The molecule has 0 aromatic rings. The second-order valence-electron chi connectivity index (χ2n) is 9.59. The molecule has 0 radical (unpaired) electrons. The first-order chi connectivity index (χ1) is 11.0. The van der Waals surface area contributed by atoms with Crippen molar-refractivity contribution < 1.29 is 4.43 Å². The predicted octanol–water partition coefficient (Wildman–Crippen LogP) is 7.34. The zero-order valence-electron chi connectivity index (χ0n) is 18.0. The maximum atomic E-state index is 6.86. The number of hydrogen-bond acceptors (Lipinski definition) is 1. The molecule has 1 aliphatic carbocycles. The van der Waals surface area contributed by atoms with Crippen LogP contribution in [0, 0.1) is 5.92 Å². The molecule has 0 spiro atoms. The van der Waals surface area contributed by atoms with Crippen molar-refractivity contribution in [3.63, 3.8) is 0 Å². The molecule has 0 saturated heterocycles. The Kier molecular flexibility index (Phi) is 8.34. The molecule has 0 aromatic carbocycles. The van der Waals surface area contributed by atoms with Crippen molar-refractivity contribution in [2.24, 2.45) is 5.92 Å². The van der Waals surface area contributed by atoms with Crippen LogP contribution in [0.15, 0.2) is 21.3 Å². The molecule has 1 unspecified atom stereocenters. The van der Waals surface area contributed by atoms with E-state index in [4.69, 9.17) is 4.43 Å². The van der Waals surface area contributed by atoms with Crippen LogP contribution in [-0.2, 0) is 4.43 Å². The molecule has 0 aromatic heterocycles. The minimum absolute atomic E-state index is 0.665. The predicted molar refractivity (Wildman–Crippen MR) is 115 cm³/mol. The van der Waals surface area contributed by atoms with Crippen molar-refractivity contribution in [3.05, 3.63) is 21.3 Å². The third-order valence-corrected chi connectivity index (χ3v) is 18.9. The van der Waals surface area contributed by atoms with E-state index in [1.54, 1.807) is 5.57 Å². The van der Waals surface area contributed by atoms with E-state index in [-0.39, 0.29) is 0 Å². The van der Waals surface area contributed by atoms with Crippen LogP contribution in [0.2, 0.25) is 31.4 Å². The van der Waals surface area contributed by atoms with Crippen LogP contribution in [0.3, 0.4) is 0 Å². The van der Waals surface area contributed by atoms with Crippen molar-refractivity contribution in [3.8, 4) is 0 Å². The summed E-state index contributed by atoms with van der Waals surface area (Å²) in [6.07, 6.45) is 7.47. The van der Waals surface area contributed by atoms with Gasteiger partial charge in [0.25, 0.3) is 0 Å². The molecule has 1 atom stereocenters. The van der Waals surface area contributed by atoms with Gasteiger partial charge < -0.3 is 0 Å². The van der Waals surface area contributed by atoms with Crippen LogP contribution in [-0.4, -0.2) is 33.3 Å². The Balaban J connectivity index is 2.84. The van der Waals surface area contributed by atoms with Crippen LogP contribution in [0.1, 0.15) is 61.3 Å². The SMILES string of the molecule is C/C=C(/CO[Si](C(C)C)(C(C)C)C(C)C)C1CC=[C]([Sn]([CH3])([CH3])[CH3])C1. The minimum atomic E-state index is -1.87. The van der Waals surface area contributed by atoms with Gasteiger partial charge in [0, 0.05) is 0 Å². The fourth-order valence-electron chi connectivity index (χ4n) is 4.76. The molecule has 0 bridgehead atoms. The van der Waals surface area contributed by atoms with E-state index in [1.165, 1.54) is 12.8 Å². The topological polar surface area (TPSA) is 9.23 Å². The van der Waals surface area contributed by atoms with Crippen LogP contribution < -0.4 is 0 Å². The molecule has 0 N–H and O–H groups in total. The molecule has 0 amide bonds. The van der Waals surface area contributed by atoms with E-state index >= 15 is 0 Å². The van der Waals surface area contributed by atoms with E-state index in [0.717, 1.165) is 6.61 Å². The number of rotatable bonds is 8. The van der Waals surface area contributed by atoms with Crippen LogP contribution in [0.5, 0.6) is 0 Å². The summed E-state index contributed by atoms with van der Waals surface area (Å²) in [5, 5.41) is 0. The van der Waals surface area contributed by atoms with Gasteiger partial charge in [-0.3, -0.25) is 0 Å². The average Bonchev–Trinajstić information content (AvgIpc) is 2.92. The Morgan fingerprint density at radius 2 is 1.62 bits per heavy atom. The Hall–Kier alpha value is 0.456. The Morgan fingerprint density at radius 3 is 1.96 bits per heavy atom. The Labute approximate surface area is 157 Å². The van der Waals surface area contributed by atoms with Crippen molar-refractivity contribution in [1.29, 1.82) is 0 Å². The van der Waals surface area contributed by atoms with Gasteiger partial charge in [-0.1, -0.05) is 0 Å². The molecule has 3 heteroatoms. The fraction of sp³-hybridized carbons (Fsp3) is 0.810. The summed E-state index contributed by atoms with van der Waals surface area (Å²) < 4.78 is 8.69. The van der Waals surface area contributed by atoms with Crippen molar-refractivity contribution in [2.75, 3.05) is 6.61 Å². The fourth-order valence-corrected chi connectivity index (χ4v) is 14.7. The van der Waals surface area contributed by atoms with Crippen molar-refractivity contribution in [2.45, 2.75) is 92.8 Å². The second-order valence-corrected chi connectivity index (χ2v) is 29.7. The average molecular weight is 457 g/mol. The van der Waals surface area contributed by atoms with Gasteiger partial charge in [-0.25, -0.2) is 0 Å². The third kappa shape index (κ3) is 5.00. The van der Waals surface area contributed by atoms with Crippen molar-refractivity contribution >= 4 is 26.7 Å². The van der Waals surface area contributed by atoms with Gasteiger partial charge in [-0.2, -0.15) is 0 Å². The van der Waals surface area contributed by atoms with Gasteiger partial charge in [-0.05, 0) is 0 Å². The standard InChI is InChI=1S/C18H33OSi.3CH3.Sn/c1-8-17(18-11-9-10-12-18)13-19-20(14(2)3,15(4)5)16(6)7;;;;/h8-9,14-16,18H,11-13H2,1-7H3;3*1H3;/b17-8-;;;;. The summed E-state index contributed by atoms with van der Waals surface area (Å²) in [4.78, 5) is 7.63. The van der Waals surface area contributed by atoms with E-state index < -0.39 is 26.7 Å². The third-order valence-electron chi connectivity index (χ3n) is 6.17. The first kappa shape index (κ1) is 22.5. The quantitative estimate of drug-likeness (QED) is 0.274. The number of hydrogen-bond donors (Lipinski definition) is 0. The summed E-state index contributed by atoms with van der Waals surface area (Å²) in [5.74, 6) is 0.708. The summed E-state index contributed by atoms with van der Waals surface area (Å²) in [5.41, 5.74) is 3.55. The van der Waals surface area contributed by atoms with Gasteiger partial charge >= 0.3 is 158 Å². The molecule has 0 saturated carbocycles. The summed E-state index contributed by atoms with van der Waals surface area (Å²) in [6, 6.07) is 0. The molecule has 0 heterocycles. The van der Waals surface area contributed by atoms with E-state index in [2.05, 4.69) is 75.4 Å². The van der Waals surface area contributed by atoms with E-state index in [9.17, 15) is 0 Å². The second kappa shape index (κ2) is 8.90. The van der Waals surface area contributed by atoms with Gasteiger partial charge in [0.05, 0.1) is 0 Å². The van der Waals surface area contributed by atoms with Crippen molar-refractivity contribution in [1.82, 2.24) is 0 Å². The molecular weight excluding hydrogens is 415 g/mol. The number of allylic oxidation sites excluding steroid dienone is 3. The zero-order chi connectivity index (χ0) is 18.7. The molecule has 0 aliphatic heterocycles. The van der Waals surface area contributed by atoms with Crippen LogP contribution in [0.25, 0.3) is 0 Å². The molecule has 1 rings (SSSR count). The molecular formula is C21H42OSiSn. The van der Waals surface area contributed by atoms with E-state index in [0.29, 0.717) is 22.5 Å². The van der Waals surface area contributed by atoms with E-state index in [1.807, 2.05) is 3.59 Å². The van der Waals surface area contributed by atoms with Crippen LogP contribution >= 0.6 is 0 Å². The first-order valence-electron chi connectivity index (χ1n) is 9.95. The summed E-state index contributed by atoms with van der Waals surface area (Å²) in [6.45, 7) is 17.4. The molecule has 1 nitrogen and oxygen atoms in total. The summed E-state index contributed by atoms with van der Waals surface area (Å²) in [7, 11) is -1.76. The van der Waals surface area contributed by atoms with Gasteiger partial charge in [0.15, 0.2) is 0 Å². The molecule has 140 valence electrons. The Morgan fingerprint density at radius 1 is 1.12 bits per heavy atom. The summed E-state index contributed by atoms with van der Waals surface area (Å²) >= 11 is -1.87. The normalized spacial score (nSPS) is 20.5.